The van der Waals surface area contributed by atoms with Gasteiger partial charge in [0.2, 0.25) is 5.88 Å². The predicted molar refractivity (Wildman–Crippen MR) is 109 cm³/mol. The van der Waals surface area contributed by atoms with Crippen molar-refractivity contribution in [2.45, 2.75) is 33.7 Å². The highest BCUT2D eigenvalue weighted by atomic mass is 16.5. The SMILES string of the molecule is CCc1c(Oc2cc(C)cc(C)c2)[nH]c(=O)n(Cc2cccc(OC)c2)c1=O. The summed E-state index contributed by atoms with van der Waals surface area (Å²) in [6, 6.07) is 13.1. The zero-order chi connectivity index (χ0) is 20.3. The Morgan fingerprint density at radius 1 is 1.00 bits per heavy atom. The van der Waals surface area contributed by atoms with E-state index in [9.17, 15) is 9.59 Å². The quantitative estimate of drug-likeness (QED) is 0.710. The predicted octanol–water partition coefficient (Wildman–Crippen LogP) is 3.57. The largest absolute Gasteiger partial charge is 0.497 e. The Kier molecular flexibility index (Phi) is 5.68. The summed E-state index contributed by atoms with van der Waals surface area (Å²) in [5, 5.41) is 0. The number of aromatic amines is 1. The molecule has 3 rings (SSSR count). The molecule has 6 nitrogen and oxygen atoms in total. The van der Waals surface area contributed by atoms with E-state index in [2.05, 4.69) is 4.98 Å². The Balaban J connectivity index is 2.01. The number of methoxy groups -OCH3 is 1. The van der Waals surface area contributed by atoms with Gasteiger partial charge in [-0.25, -0.2) is 4.79 Å². The van der Waals surface area contributed by atoms with E-state index < -0.39 is 5.69 Å². The van der Waals surface area contributed by atoms with E-state index in [1.54, 1.807) is 13.2 Å². The van der Waals surface area contributed by atoms with Crippen LogP contribution in [-0.4, -0.2) is 16.7 Å². The van der Waals surface area contributed by atoms with Crippen molar-refractivity contribution in [3.05, 3.63) is 85.6 Å². The van der Waals surface area contributed by atoms with Crippen LogP contribution in [0.15, 0.2) is 52.1 Å². The molecule has 0 atom stereocenters. The number of nitrogens with one attached hydrogen (secondary N) is 1. The van der Waals surface area contributed by atoms with Crippen LogP contribution in [0.4, 0.5) is 0 Å². The van der Waals surface area contributed by atoms with Crippen LogP contribution in [0.1, 0.15) is 29.2 Å². The van der Waals surface area contributed by atoms with E-state index >= 15 is 0 Å². The monoisotopic (exact) mass is 380 g/mol. The molecule has 0 aliphatic rings. The van der Waals surface area contributed by atoms with Gasteiger partial charge in [-0.1, -0.05) is 25.1 Å². The highest BCUT2D eigenvalue weighted by Crippen LogP contribution is 2.23. The highest BCUT2D eigenvalue weighted by molar-refractivity contribution is 5.37. The third-order valence-electron chi connectivity index (χ3n) is 4.49. The molecule has 0 spiro atoms. The van der Waals surface area contributed by atoms with E-state index in [0.717, 1.165) is 16.7 Å². The van der Waals surface area contributed by atoms with Crippen LogP contribution < -0.4 is 20.7 Å². The molecule has 6 heteroatoms. The van der Waals surface area contributed by atoms with Crippen LogP contribution >= 0.6 is 0 Å². The Labute approximate surface area is 163 Å². The second-order valence-corrected chi connectivity index (χ2v) is 6.76. The van der Waals surface area contributed by atoms with Crippen molar-refractivity contribution in [3.63, 3.8) is 0 Å². The molecule has 146 valence electrons. The van der Waals surface area contributed by atoms with Crippen LogP contribution in [0, 0.1) is 13.8 Å². The maximum absolute atomic E-state index is 13.0. The van der Waals surface area contributed by atoms with Crippen molar-refractivity contribution < 1.29 is 9.47 Å². The van der Waals surface area contributed by atoms with Gasteiger partial charge in [0.15, 0.2) is 0 Å². The zero-order valence-corrected chi connectivity index (χ0v) is 16.5. The number of ether oxygens (including phenoxy) is 2. The van der Waals surface area contributed by atoms with Crippen LogP contribution in [0.5, 0.6) is 17.4 Å². The van der Waals surface area contributed by atoms with E-state index in [1.807, 2.05) is 57.2 Å². The number of aryl methyl sites for hydroxylation is 2. The third kappa shape index (κ3) is 4.17. The Morgan fingerprint density at radius 3 is 2.36 bits per heavy atom. The molecule has 0 radical (unpaired) electrons. The van der Waals surface area contributed by atoms with Crippen molar-refractivity contribution in [1.82, 2.24) is 9.55 Å². The normalized spacial score (nSPS) is 10.7. The molecule has 0 bridgehead atoms. The summed E-state index contributed by atoms with van der Waals surface area (Å²) < 4.78 is 12.3. The summed E-state index contributed by atoms with van der Waals surface area (Å²) in [5.41, 5.74) is 2.46. The van der Waals surface area contributed by atoms with Crippen molar-refractivity contribution >= 4 is 0 Å². The molecule has 0 aliphatic heterocycles. The lowest BCUT2D eigenvalue weighted by Gasteiger charge is -2.13. The molecular weight excluding hydrogens is 356 g/mol. The average molecular weight is 380 g/mol. The first-order valence-corrected chi connectivity index (χ1v) is 9.16. The van der Waals surface area contributed by atoms with Crippen molar-refractivity contribution in [1.29, 1.82) is 0 Å². The summed E-state index contributed by atoms with van der Waals surface area (Å²) in [6.45, 7) is 5.95. The number of H-pyrrole nitrogens is 1. The first-order chi connectivity index (χ1) is 13.4. The second kappa shape index (κ2) is 8.17. The minimum absolute atomic E-state index is 0.155. The maximum Gasteiger partial charge on any atom is 0.331 e. The smallest absolute Gasteiger partial charge is 0.331 e. The van der Waals surface area contributed by atoms with Gasteiger partial charge in [0.1, 0.15) is 11.5 Å². The molecule has 0 unspecified atom stereocenters. The molecule has 0 saturated carbocycles. The summed E-state index contributed by atoms with van der Waals surface area (Å²) in [7, 11) is 1.58. The highest BCUT2D eigenvalue weighted by Gasteiger charge is 2.15. The van der Waals surface area contributed by atoms with Gasteiger partial charge in [-0.2, -0.15) is 0 Å². The van der Waals surface area contributed by atoms with E-state index in [4.69, 9.17) is 9.47 Å². The van der Waals surface area contributed by atoms with Crippen molar-refractivity contribution in [3.8, 4) is 17.4 Å². The molecular formula is C22H24N2O4. The maximum atomic E-state index is 13.0. The lowest BCUT2D eigenvalue weighted by atomic mass is 10.1. The van der Waals surface area contributed by atoms with Gasteiger partial charge in [-0.05, 0) is 61.2 Å². The van der Waals surface area contributed by atoms with Crippen LogP contribution in [0.25, 0.3) is 0 Å². The van der Waals surface area contributed by atoms with Gasteiger partial charge in [0.05, 0.1) is 19.2 Å². The zero-order valence-electron chi connectivity index (χ0n) is 16.5. The van der Waals surface area contributed by atoms with E-state index in [1.165, 1.54) is 4.57 Å². The molecule has 0 fully saturated rings. The standard InChI is InChI=1S/C22H24N2O4/c1-5-19-20(28-18-10-14(2)9-15(3)11-18)23-22(26)24(21(19)25)13-16-7-6-8-17(12-16)27-4/h6-12H,5,13H2,1-4H3,(H,23,26). The van der Waals surface area contributed by atoms with Gasteiger partial charge in [0, 0.05) is 0 Å². The van der Waals surface area contributed by atoms with Gasteiger partial charge in [-0.3, -0.25) is 14.3 Å². The summed E-state index contributed by atoms with van der Waals surface area (Å²) in [6.07, 6.45) is 0.438. The van der Waals surface area contributed by atoms with Crippen molar-refractivity contribution in [2.24, 2.45) is 0 Å². The Morgan fingerprint density at radius 2 is 1.71 bits per heavy atom. The number of hydrogen-bond acceptors (Lipinski definition) is 4. The van der Waals surface area contributed by atoms with Gasteiger partial charge < -0.3 is 9.47 Å². The topological polar surface area (TPSA) is 73.3 Å². The minimum Gasteiger partial charge on any atom is -0.497 e. The fourth-order valence-electron chi connectivity index (χ4n) is 3.20. The van der Waals surface area contributed by atoms with Gasteiger partial charge in [-0.15, -0.1) is 0 Å². The fraction of sp³-hybridized carbons (Fsp3) is 0.273. The first-order valence-electron chi connectivity index (χ1n) is 9.16. The molecule has 28 heavy (non-hydrogen) atoms. The third-order valence-corrected chi connectivity index (χ3v) is 4.49. The summed E-state index contributed by atoms with van der Waals surface area (Å²) in [4.78, 5) is 28.3. The molecule has 1 N–H and O–H groups in total. The number of hydrogen-bond donors (Lipinski definition) is 1. The first kappa shape index (κ1) is 19.5. The van der Waals surface area contributed by atoms with Crippen LogP contribution in [-0.2, 0) is 13.0 Å². The van der Waals surface area contributed by atoms with E-state index in [-0.39, 0.29) is 18.0 Å². The molecule has 1 heterocycles. The van der Waals surface area contributed by atoms with E-state index in [0.29, 0.717) is 23.5 Å². The number of aromatic nitrogens is 2. The fourth-order valence-corrected chi connectivity index (χ4v) is 3.20. The number of rotatable bonds is 6. The summed E-state index contributed by atoms with van der Waals surface area (Å²) >= 11 is 0. The van der Waals surface area contributed by atoms with Crippen LogP contribution in [0.3, 0.4) is 0 Å². The second-order valence-electron chi connectivity index (χ2n) is 6.76. The van der Waals surface area contributed by atoms with Crippen LogP contribution in [0.2, 0.25) is 0 Å². The van der Waals surface area contributed by atoms with Gasteiger partial charge in [0.25, 0.3) is 5.56 Å². The molecule has 2 aromatic carbocycles. The molecule has 0 aliphatic carbocycles. The number of benzene rings is 2. The lowest BCUT2D eigenvalue weighted by Crippen LogP contribution is -2.37. The lowest BCUT2D eigenvalue weighted by molar-refractivity contribution is 0.414. The Bertz CT molecular complexity index is 1090. The molecule has 1 aromatic heterocycles. The molecule has 0 amide bonds. The minimum atomic E-state index is -0.510. The van der Waals surface area contributed by atoms with Gasteiger partial charge >= 0.3 is 5.69 Å². The Hall–Kier alpha value is -3.28. The van der Waals surface area contributed by atoms with Crippen molar-refractivity contribution in [2.75, 3.05) is 7.11 Å². The molecule has 0 saturated heterocycles. The summed E-state index contributed by atoms with van der Waals surface area (Å²) in [5.74, 6) is 1.46. The molecule has 3 aromatic rings. The number of nitrogens with zero attached hydrogens (tertiary/aromatic N) is 1. The average Bonchev–Trinajstić information content (AvgIpc) is 2.64.